The molecule has 0 N–H and O–H groups in total. The number of esters is 1. The SMILES string of the molecule is CCOC(=S)SC(C)C(=O)OCCC[Si](C)(O[Si](C)(C)C)O[Si](C)(C)O[Si](C)(C)C. The van der Waals surface area contributed by atoms with E-state index < -0.39 is 39.0 Å². The second-order valence-electron chi connectivity index (χ2n) is 9.78. The lowest BCUT2D eigenvalue weighted by atomic mass is 10.5. The third-order valence-corrected chi connectivity index (χ3v) is 18.2. The highest BCUT2D eigenvalue weighted by molar-refractivity contribution is 8.23. The molecule has 0 aliphatic heterocycles. The first-order valence-corrected chi connectivity index (χ1v) is 23.9. The Balaban J connectivity index is 4.84. The number of thiocarbonyl (C=S) groups is 1. The quantitative estimate of drug-likeness (QED) is 0.127. The first-order valence-electron chi connectivity index (χ1n) is 10.5. The molecule has 0 heterocycles. The number of rotatable bonds is 13. The van der Waals surface area contributed by atoms with Gasteiger partial charge in [-0.1, -0.05) is 11.8 Å². The van der Waals surface area contributed by atoms with Gasteiger partial charge in [-0.2, -0.15) is 0 Å². The molecule has 178 valence electrons. The van der Waals surface area contributed by atoms with Crippen molar-refractivity contribution >= 4 is 68.1 Å². The minimum absolute atomic E-state index is 0.283. The Morgan fingerprint density at radius 1 is 0.900 bits per heavy atom. The van der Waals surface area contributed by atoms with Gasteiger partial charge in [-0.3, -0.25) is 4.79 Å². The van der Waals surface area contributed by atoms with Crippen molar-refractivity contribution in [3.63, 3.8) is 0 Å². The van der Waals surface area contributed by atoms with E-state index in [1.54, 1.807) is 6.92 Å². The lowest BCUT2D eigenvalue weighted by Gasteiger charge is -2.41. The van der Waals surface area contributed by atoms with Gasteiger partial charge in [0, 0.05) is 0 Å². The molecule has 0 saturated heterocycles. The summed E-state index contributed by atoms with van der Waals surface area (Å²) in [6, 6.07) is 0.759. The number of hydrogen-bond donors (Lipinski definition) is 0. The Morgan fingerprint density at radius 3 is 1.90 bits per heavy atom. The topological polar surface area (TPSA) is 63.2 Å². The van der Waals surface area contributed by atoms with Gasteiger partial charge in [-0.15, -0.1) is 0 Å². The van der Waals surface area contributed by atoms with Gasteiger partial charge in [0.2, 0.25) is 4.38 Å². The Hall–Kier alpha value is 0.458. The summed E-state index contributed by atoms with van der Waals surface area (Å²) in [4.78, 5) is 12.2. The lowest BCUT2D eigenvalue weighted by molar-refractivity contribution is -0.142. The zero-order valence-electron chi connectivity index (χ0n) is 20.7. The van der Waals surface area contributed by atoms with E-state index in [1.807, 2.05) is 6.92 Å². The molecule has 0 spiro atoms. The van der Waals surface area contributed by atoms with E-state index in [0.29, 0.717) is 24.0 Å². The summed E-state index contributed by atoms with van der Waals surface area (Å²) in [6.45, 7) is 23.9. The van der Waals surface area contributed by atoms with Crippen molar-refractivity contribution in [3.8, 4) is 0 Å². The fourth-order valence-electron chi connectivity index (χ4n) is 3.08. The Morgan fingerprint density at radius 2 is 1.43 bits per heavy atom. The van der Waals surface area contributed by atoms with Gasteiger partial charge in [0.1, 0.15) is 5.25 Å². The standard InChI is InChI=1S/C18H42O6S2Si4/c1-12-20-18(25)26-16(2)17(19)21-14-13-15-30(11,23-28(6,7)8)24-29(9,10)22-27(3,4)5/h16H,12-15H2,1-11H3. The number of carbonyl (C=O) groups excluding carboxylic acids is 1. The fourth-order valence-corrected chi connectivity index (χ4v) is 22.2. The highest BCUT2D eigenvalue weighted by Crippen LogP contribution is 2.27. The first-order chi connectivity index (χ1) is 13.4. The molecule has 0 amide bonds. The van der Waals surface area contributed by atoms with Crippen LogP contribution in [0.1, 0.15) is 20.3 Å². The van der Waals surface area contributed by atoms with Crippen LogP contribution in [-0.4, -0.2) is 62.6 Å². The van der Waals surface area contributed by atoms with E-state index in [1.165, 1.54) is 11.8 Å². The second kappa shape index (κ2) is 12.6. The van der Waals surface area contributed by atoms with Crippen molar-refractivity contribution in [2.45, 2.75) is 90.5 Å². The second-order valence-corrected chi connectivity index (χ2v) is 28.2. The minimum atomic E-state index is -2.47. The van der Waals surface area contributed by atoms with Crippen molar-refractivity contribution in [2.24, 2.45) is 0 Å². The molecular weight excluding hydrogens is 489 g/mol. The van der Waals surface area contributed by atoms with E-state index in [-0.39, 0.29) is 5.97 Å². The van der Waals surface area contributed by atoms with Crippen molar-refractivity contribution in [1.29, 1.82) is 0 Å². The Bertz CT molecular complexity index is 566. The van der Waals surface area contributed by atoms with Gasteiger partial charge in [0.05, 0.1) is 13.2 Å². The summed E-state index contributed by atoms with van der Waals surface area (Å²) in [5, 5.41) is -0.390. The third kappa shape index (κ3) is 15.3. The fraction of sp³-hybridized carbons (Fsp3) is 0.889. The molecule has 0 fully saturated rings. The Labute approximate surface area is 197 Å². The van der Waals surface area contributed by atoms with Crippen LogP contribution in [0.15, 0.2) is 0 Å². The normalized spacial score (nSPS) is 16.0. The smallest absolute Gasteiger partial charge is 0.319 e. The average Bonchev–Trinajstić information content (AvgIpc) is 2.46. The van der Waals surface area contributed by atoms with E-state index >= 15 is 0 Å². The number of thioether (sulfide) groups is 1. The van der Waals surface area contributed by atoms with Crippen molar-refractivity contribution in [3.05, 3.63) is 0 Å². The largest absolute Gasteiger partial charge is 0.479 e. The molecule has 0 bridgehead atoms. The maximum atomic E-state index is 12.2. The maximum Gasteiger partial charge on any atom is 0.319 e. The predicted octanol–water partition coefficient (Wildman–Crippen LogP) is 5.86. The Kier molecular flexibility index (Phi) is 12.8. The average molecular weight is 531 g/mol. The van der Waals surface area contributed by atoms with Gasteiger partial charge in [-0.05, 0) is 97.5 Å². The van der Waals surface area contributed by atoms with Gasteiger partial charge in [0.25, 0.3) is 0 Å². The molecule has 12 heteroatoms. The summed E-state index contributed by atoms with van der Waals surface area (Å²) in [5.41, 5.74) is 0. The molecule has 0 radical (unpaired) electrons. The van der Waals surface area contributed by atoms with E-state index in [9.17, 15) is 4.79 Å². The van der Waals surface area contributed by atoms with Gasteiger partial charge >= 0.3 is 23.1 Å². The molecule has 0 saturated carbocycles. The highest BCUT2D eigenvalue weighted by atomic mass is 32.2. The number of carbonyl (C=O) groups is 1. The van der Waals surface area contributed by atoms with Crippen LogP contribution in [0.5, 0.6) is 0 Å². The van der Waals surface area contributed by atoms with Crippen LogP contribution in [0.25, 0.3) is 0 Å². The summed E-state index contributed by atoms with van der Waals surface area (Å²) in [5.74, 6) is -0.283. The molecule has 2 atom stereocenters. The van der Waals surface area contributed by atoms with E-state index in [0.717, 1.165) is 6.04 Å². The van der Waals surface area contributed by atoms with Gasteiger partial charge < -0.3 is 21.8 Å². The molecule has 2 unspecified atom stereocenters. The molecular formula is C18H42O6S2Si4. The molecule has 0 aromatic heterocycles. The van der Waals surface area contributed by atoms with Crippen LogP contribution in [0, 0.1) is 0 Å². The van der Waals surface area contributed by atoms with Crippen LogP contribution in [0.4, 0.5) is 0 Å². The molecule has 0 aromatic rings. The van der Waals surface area contributed by atoms with Crippen LogP contribution < -0.4 is 0 Å². The van der Waals surface area contributed by atoms with E-state index in [4.69, 9.17) is 34.0 Å². The van der Waals surface area contributed by atoms with E-state index in [2.05, 4.69) is 58.9 Å². The van der Waals surface area contributed by atoms with Crippen LogP contribution in [0.3, 0.4) is 0 Å². The molecule has 6 nitrogen and oxygen atoms in total. The molecule has 30 heavy (non-hydrogen) atoms. The van der Waals surface area contributed by atoms with Crippen LogP contribution in [0.2, 0.25) is 65.0 Å². The van der Waals surface area contributed by atoms with Crippen molar-refractivity contribution < 1.29 is 26.6 Å². The zero-order chi connectivity index (χ0) is 23.8. The molecule has 0 aliphatic rings. The predicted molar refractivity (Wildman–Crippen MR) is 141 cm³/mol. The van der Waals surface area contributed by atoms with Crippen LogP contribution >= 0.6 is 24.0 Å². The van der Waals surface area contributed by atoms with Crippen molar-refractivity contribution in [2.75, 3.05) is 13.2 Å². The zero-order valence-corrected chi connectivity index (χ0v) is 26.3. The number of hydrogen-bond acceptors (Lipinski definition) is 8. The molecule has 0 rings (SSSR count). The summed E-state index contributed by atoms with van der Waals surface area (Å²) < 4.78 is 30.6. The van der Waals surface area contributed by atoms with Gasteiger partial charge in [0.15, 0.2) is 16.6 Å². The van der Waals surface area contributed by atoms with Gasteiger partial charge in [-0.25, -0.2) is 0 Å². The van der Waals surface area contributed by atoms with Crippen molar-refractivity contribution in [1.82, 2.24) is 0 Å². The number of ether oxygens (including phenoxy) is 2. The first kappa shape index (κ1) is 30.5. The maximum absolute atomic E-state index is 12.2. The minimum Gasteiger partial charge on any atom is -0.479 e. The lowest BCUT2D eigenvalue weighted by Crippen LogP contribution is -2.56. The summed E-state index contributed by atoms with van der Waals surface area (Å²) >= 11 is 6.28. The summed E-state index contributed by atoms with van der Waals surface area (Å²) in [6.07, 6.45) is 0.698. The molecule has 0 aromatic carbocycles. The highest BCUT2D eigenvalue weighted by Gasteiger charge is 2.44. The van der Waals surface area contributed by atoms with Crippen LogP contribution in [-0.2, 0) is 26.6 Å². The summed E-state index contributed by atoms with van der Waals surface area (Å²) in [7, 11) is -8.31. The molecule has 0 aliphatic carbocycles. The third-order valence-electron chi connectivity index (χ3n) is 3.42. The monoisotopic (exact) mass is 530 g/mol.